The van der Waals surface area contributed by atoms with Crippen molar-refractivity contribution in [3.63, 3.8) is 0 Å². The minimum absolute atomic E-state index is 0.384. The first-order valence-electron chi connectivity index (χ1n) is 7.04. The first kappa shape index (κ1) is 12.6. The molecule has 22 heavy (non-hydrogen) atoms. The second kappa shape index (κ2) is 5.04. The second-order valence-electron chi connectivity index (χ2n) is 5.10. The summed E-state index contributed by atoms with van der Waals surface area (Å²) in [5.74, 6) is 0.494. The van der Waals surface area contributed by atoms with Crippen molar-refractivity contribution in [2.24, 2.45) is 0 Å². The average Bonchev–Trinajstić information content (AvgIpc) is 3.16. The Balaban J connectivity index is 1.68. The van der Waals surface area contributed by atoms with Crippen LogP contribution in [-0.2, 0) is 0 Å². The van der Waals surface area contributed by atoms with Crippen LogP contribution in [0, 0.1) is 6.92 Å². The molecule has 0 unspecified atom stereocenters. The molecular formula is C17H14N4O. The van der Waals surface area contributed by atoms with E-state index in [0.29, 0.717) is 11.9 Å². The molecule has 0 aliphatic carbocycles. The van der Waals surface area contributed by atoms with Gasteiger partial charge in [-0.05, 0) is 24.6 Å². The Morgan fingerprint density at radius 3 is 2.73 bits per heavy atom. The summed E-state index contributed by atoms with van der Waals surface area (Å²) in [6, 6.07) is 16.4. The number of hydrogen-bond acceptors (Lipinski definition) is 4. The topological polar surface area (TPSA) is 66.7 Å². The Hall–Kier alpha value is -3.08. The summed E-state index contributed by atoms with van der Waals surface area (Å²) in [6.07, 6.45) is 1.88. The van der Waals surface area contributed by atoms with Gasteiger partial charge in [-0.25, -0.2) is 0 Å². The van der Waals surface area contributed by atoms with Crippen molar-refractivity contribution < 1.29 is 4.42 Å². The van der Waals surface area contributed by atoms with Gasteiger partial charge in [0.05, 0.1) is 5.56 Å². The Kier molecular flexibility index (Phi) is 2.89. The number of aryl methyl sites for hydroxylation is 1. The van der Waals surface area contributed by atoms with E-state index in [1.807, 2.05) is 61.7 Å². The largest absolute Gasteiger partial charge is 0.403 e. The van der Waals surface area contributed by atoms with E-state index in [0.717, 1.165) is 27.7 Å². The number of anilines is 2. The van der Waals surface area contributed by atoms with E-state index in [9.17, 15) is 0 Å². The predicted molar refractivity (Wildman–Crippen MR) is 86.1 cm³/mol. The molecule has 2 aromatic heterocycles. The zero-order valence-corrected chi connectivity index (χ0v) is 12.0. The molecule has 0 saturated carbocycles. The molecule has 5 nitrogen and oxygen atoms in total. The van der Waals surface area contributed by atoms with Gasteiger partial charge >= 0.3 is 6.01 Å². The molecule has 0 aliphatic heterocycles. The summed E-state index contributed by atoms with van der Waals surface area (Å²) in [4.78, 5) is 3.21. The molecule has 4 aromatic rings. The van der Waals surface area contributed by atoms with Crippen molar-refractivity contribution in [3.05, 3.63) is 60.3 Å². The molecule has 0 amide bonds. The third kappa shape index (κ3) is 2.13. The van der Waals surface area contributed by atoms with Crippen LogP contribution in [0.25, 0.3) is 22.4 Å². The minimum atomic E-state index is 0.384. The van der Waals surface area contributed by atoms with Crippen molar-refractivity contribution in [3.8, 4) is 11.5 Å². The van der Waals surface area contributed by atoms with Crippen LogP contribution < -0.4 is 5.32 Å². The molecule has 2 aromatic carbocycles. The van der Waals surface area contributed by atoms with Crippen LogP contribution in [0.4, 0.5) is 11.7 Å². The maximum Gasteiger partial charge on any atom is 0.320 e. The summed E-state index contributed by atoms with van der Waals surface area (Å²) in [6.45, 7) is 2.03. The van der Waals surface area contributed by atoms with E-state index in [4.69, 9.17) is 4.42 Å². The number of para-hydroxylation sites is 2. The maximum absolute atomic E-state index is 5.74. The van der Waals surface area contributed by atoms with Crippen molar-refractivity contribution in [1.29, 1.82) is 0 Å². The van der Waals surface area contributed by atoms with Crippen molar-refractivity contribution >= 4 is 22.6 Å². The standard InChI is InChI=1S/C17H14N4O/c1-11-6-2-4-8-14(11)19-17-21-20-16(22-17)13-10-18-15-9-5-3-7-12(13)15/h2-10,18H,1H3,(H,19,21). The molecule has 4 rings (SSSR count). The summed E-state index contributed by atoms with van der Waals surface area (Å²) in [7, 11) is 0. The third-order valence-corrected chi connectivity index (χ3v) is 3.63. The van der Waals surface area contributed by atoms with Gasteiger partial charge < -0.3 is 14.7 Å². The smallest absolute Gasteiger partial charge is 0.320 e. The molecule has 5 heteroatoms. The van der Waals surface area contributed by atoms with Crippen LogP contribution in [0.5, 0.6) is 0 Å². The van der Waals surface area contributed by atoms with Gasteiger partial charge in [0.25, 0.3) is 5.89 Å². The number of aromatic amines is 1. The van der Waals surface area contributed by atoms with Crippen LogP contribution in [0.15, 0.2) is 59.1 Å². The highest BCUT2D eigenvalue weighted by Gasteiger charge is 2.13. The van der Waals surface area contributed by atoms with Gasteiger partial charge in [0, 0.05) is 22.8 Å². The van der Waals surface area contributed by atoms with Crippen molar-refractivity contribution in [1.82, 2.24) is 15.2 Å². The lowest BCUT2D eigenvalue weighted by atomic mass is 10.2. The maximum atomic E-state index is 5.74. The third-order valence-electron chi connectivity index (χ3n) is 3.63. The fourth-order valence-corrected chi connectivity index (χ4v) is 2.46. The van der Waals surface area contributed by atoms with Crippen LogP contribution >= 0.6 is 0 Å². The molecule has 108 valence electrons. The number of hydrogen-bond donors (Lipinski definition) is 2. The molecule has 0 bridgehead atoms. The molecule has 0 saturated heterocycles. The van der Waals surface area contributed by atoms with Crippen LogP contribution in [0.2, 0.25) is 0 Å². The number of nitrogens with one attached hydrogen (secondary N) is 2. The highest BCUT2D eigenvalue weighted by atomic mass is 16.4. The average molecular weight is 290 g/mol. The first-order chi connectivity index (χ1) is 10.8. The summed E-state index contributed by atoms with van der Waals surface area (Å²) >= 11 is 0. The summed E-state index contributed by atoms with van der Waals surface area (Å²) in [5.41, 5.74) is 4.02. The zero-order valence-electron chi connectivity index (χ0n) is 12.0. The van der Waals surface area contributed by atoms with Crippen LogP contribution in [0.3, 0.4) is 0 Å². The lowest BCUT2D eigenvalue weighted by Crippen LogP contribution is -1.92. The molecular weight excluding hydrogens is 276 g/mol. The van der Waals surface area contributed by atoms with E-state index in [-0.39, 0.29) is 0 Å². The van der Waals surface area contributed by atoms with E-state index in [2.05, 4.69) is 20.5 Å². The number of H-pyrrole nitrogens is 1. The highest BCUT2D eigenvalue weighted by Crippen LogP contribution is 2.29. The Bertz CT molecular complexity index is 938. The highest BCUT2D eigenvalue weighted by molar-refractivity contribution is 5.93. The fraction of sp³-hybridized carbons (Fsp3) is 0.0588. The monoisotopic (exact) mass is 290 g/mol. The predicted octanol–water partition coefficient (Wildman–Crippen LogP) is 4.27. The lowest BCUT2D eigenvalue weighted by Gasteiger charge is -2.03. The molecule has 0 aliphatic rings. The van der Waals surface area contributed by atoms with Gasteiger partial charge in [0.1, 0.15) is 0 Å². The minimum Gasteiger partial charge on any atom is -0.403 e. The fourth-order valence-electron chi connectivity index (χ4n) is 2.46. The molecule has 2 N–H and O–H groups in total. The van der Waals surface area contributed by atoms with Crippen LogP contribution in [0.1, 0.15) is 5.56 Å². The van der Waals surface area contributed by atoms with Gasteiger partial charge in [0.2, 0.25) is 0 Å². The SMILES string of the molecule is Cc1ccccc1Nc1nnc(-c2c[nH]c3ccccc23)o1. The molecule has 0 radical (unpaired) electrons. The van der Waals surface area contributed by atoms with Gasteiger partial charge in [-0.1, -0.05) is 41.5 Å². The normalized spacial score (nSPS) is 11.0. The number of nitrogens with zero attached hydrogens (tertiary/aromatic N) is 2. The lowest BCUT2D eigenvalue weighted by molar-refractivity contribution is 0.588. The van der Waals surface area contributed by atoms with Gasteiger partial charge in [-0.2, -0.15) is 0 Å². The van der Waals surface area contributed by atoms with Gasteiger partial charge in [-0.3, -0.25) is 0 Å². The van der Waals surface area contributed by atoms with Crippen molar-refractivity contribution in [2.75, 3.05) is 5.32 Å². The summed E-state index contributed by atoms with van der Waals surface area (Å²) in [5, 5.41) is 12.4. The van der Waals surface area contributed by atoms with Crippen molar-refractivity contribution in [2.45, 2.75) is 6.92 Å². The second-order valence-corrected chi connectivity index (χ2v) is 5.10. The van der Waals surface area contributed by atoms with E-state index in [1.165, 1.54) is 0 Å². The number of benzene rings is 2. The zero-order chi connectivity index (χ0) is 14.9. The Morgan fingerprint density at radius 2 is 1.82 bits per heavy atom. The number of aromatic nitrogens is 3. The van der Waals surface area contributed by atoms with E-state index >= 15 is 0 Å². The molecule has 0 atom stereocenters. The Morgan fingerprint density at radius 1 is 1.00 bits per heavy atom. The van der Waals surface area contributed by atoms with Crippen LogP contribution in [-0.4, -0.2) is 15.2 Å². The number of rotatable bonds is 3. The molecule has 0 fully saturated rings. The van der Waals surface area contributed by atoms with E-state index in [1.54, 1.807) is 0 Å². The first-order valence-corrected chi connectivity index (χ1v) is 7.04. The number of fused-ring (bicyclic) bond motifs is 1. The quantitative estimate of drug-likeness (QED) is 0.591. The molecule has 2 heterocycles. The molecule has 0 spiro atoms. The summed E-state index contributed by atoms with van der Waals surface area (Å²) < 4.78 is 5.74. The van der Waals surface area contributed by atoms with E-state index < -0.39 is 0 Å². The Labute approximate surface area is 127 Å². The van der Waals surface area contributed by atoms with Gasteiger partial charge in [0.15, 0.2) is 0 Å². The van der Waals surface area contributed by atoms with Gasteiger partial charge in [-0.15, -0.1) is 5.10 Å².